The molecule has 0 spiro atoms. The fraction of sp³-hybridized carbons (Fsp3) is 0.571. The van der Waals surface area contributed by atoms with Crippen molar-refractivity contribution in [2.75, 3.05) is 20.3 Å². The van der Waals surface area contributed by atoms with Crippen LogP contribution in [-0.4, -0.2) is 26.4 Å². The Labute approximate surface area is 108 Å². The summed E-state index contributed by atoms with van der Waals surface area (Å²) in [6.45, 7) is 1.76. The summed E-state index contributed by atoms with van der Waals surface area (Å²) in [5.41, 5.74) is 4.17. The van der Waals surface area contributed by atoms with E-state index in [9.17, 15) is 0 Å². The summed E-state index contributed by atoms with van der Waals surface area (Å²) in [5.74, 6) is 7.18. The Bertz CT molecular complexity index is 365. The minimum Gasteiger partial charge on any atom is -0.497 e. The molecule has 0 bridgehead atoms. The van der Waals surface area contributed by atoms with Gasteiger partial charge in [-0.2, -0.15) is 0 Å². The molecule has 0 aliphatic carbocycles. The number of benzene rings is 1. The fourth-order valence-corrected chi connectivity index (χ4v) is 2.47. The van der Waals surface area contributed by atoms with Gasteiger partial charge in [-0.1, -0.05) is 12.1 Å². The summed E-state index contributed by atoms with van der Waals surface area (Å²) in [7, 11) is 1.69. The number of hydrogen-bond acceptors (Lipinski definition) is 4. The van der Waals surface area contributed by atoms with Gasteiger partial charge in [-0.15, -0.1) is 0 Å². The smallest absolute Gasteiger partial charge is 0.119 e. The zero-order valence-corrected chi connectivity index (χ0v) is 10.9. The molecule has 1 aromatic rings. The maximum atomic E-state index is 5.65. The summed E-state index contributed by atoms with van der Waals surface area (Å²) in [4.78, 5) is 0. The lowest BCUT2D eigenvalue weighted by atomic mass is 9.95. The van der Waals surface area contributed by atoms with Crippen LogP contribution >= 0.6 is 0 Å². The van der Waals surface area contributed by atoms with Gasteiger partial charge in [0.2, 0.25) is 0 Å². The van der Waals surface area contributed by atoms with Crippen molar-refractivity contribution in [1.29, 1.82) is 0 Å². The van der Waals surface area contributed by atoms with Crippen LogP contribution in [0.4, 0.5) is 0 Å². The second-order valence-corrected chi connectivity index (χ2v) is 4.88. The van der Waals surface area contributed by atoms with Gasteiger partial charge in [0.15, 0.2) is 0 Å². The van der Waals surface area contributed by atoms with E-state index in [1.807, 2.05) is 12.1 Å². The third-order valence-corrected chi connectivity index (χ3v) is 3.49. The first-order valence-corrected chi connectivity index (χ1v) is 6.48. The molecular weight excluding hydrogens is 228 g/mol. The summed E-state index contributed by atoms with van der Waals surface area (Å²) in [6, 6.07) is 8.44. The fourth-order valence-electron chi connectivity index (χ4n) is 2.47. The van der Waals surface area contributed by atoms with Crippen LogP contribution in [0.2, 0.25) is 0 Å². The molecule has 0 radical (unpaired) electrons. The van der Waals surface area contributed by atoms with Gasteiger partial charge in [0.25, 0.3) is 0 Å². The summed E-state index contributed by atoms with van der Waals surface area (Å²) in [6.07, 6.45) is 3.13. The van der Waals surface area contributed by atoms with Crippen molar-refractivity contribution in [2.24, 2.45) is 11.8 Å². The molecule has 0 aromatic heterocycles. The summed E-state index contributed by atoms with van der Waals surface area (Å²) in [5, 5.41) is 0. The number of nitrogens with two attached hydrogens (primary N) is 1. The Morgan fingerprint density at radius 3 is 3.11 bits per heavy atom. The second-order valence-electron chi connectivity index (χ2n) is 4.88. The van der Waals surface area contributed by atoms with E-state index in [0.29, 0.717) is 12.0 Å². The Hall–Kier alpha value is -1.10. The minimum atomic E-state index is 0.295. The van der Waals surface area contributed by atoms with Crippen molar-refractivity contribution >= 4 is 0 Å². The van der Waals surface area contributed by atoms with E-state index < -0.39 is 0 Å². The van der Waals surface area contributed by atoms with Crippen LogP contribution in [0.1, 0.15) is 18.4 Å². The van der Waals surface area contributed by atoms with Crippen molar-refractivity contribution in [3.8, 4) is 5.75 Å². The van der Waals surface area contributed by atoms with Gasteiger partial charge in [0, 0.05) is 19.3 Å². The lowest BCUT2D eigenvalue weighted by Crippen LogP contribution is -2.38. The topological polar surface area (TPSA) is 56.5 Å². The number of hydrogen-bond donors (Lipinski definition) is 2. The number of ether oxygens (including phenoxy) is 2. The molecule has 18 heavy (non-hydrogen) atoms. The zero-order valence-electron chi connectivity index (χ0n) is 10.9. The Kier molecular flexibility index (Phi) is 4.99. The highest BCUT2D eigenvalue weighted by Crippen LogP contribution is 2.21. The highest BCUT2D eigenvalue weighted by atomic mass is 16.5. The summed E-state index contributed by atoms with van der Waals surface area (Å²) >= 11 is 0. The van der Waals surface area contributed by atoms with Crippen LogP contribution in [0.25, 0.3) is 0 Å². The third-order valence-electron chi connectivity index (χ3n) is 3.49. The molecule has 1 aliphatic rings. The average Bonchev–Trinajstić information content (AvgIpc) is 2.91. The third kappa shape index (κ3) is 3.70. The minimum absolute atomic E-state index is 0.295. The van der Waals surface area contributed by atoms with E-state index in [1.54, 1.807) is 7.11 Å². The van der Waals surface area contributed by atoms with Gasteiger partial charge < -0.3 is 9.47 Å². The first-order valence-electron chi connectivity index (χ1n) is 6.48. The zero-order chi connectivity index (χ0) is 12.8. The molecule has 100 valence electrons. The molecule has 0 saturated carbocycles. The van der Waals surface area contributed by atoms with Crippen LogP contribution in [-0.2, 0) is 11.2 Å². The lowest BCUT2D eigenvalue weighted by Gasteiger charge is -2.19. The number of nitrogens with one attached hydrogen (secondary N) is 1. The number of hydrazine groups is 1. The van der Waals surface area contributed by atoms with Crippen molar-refractivity contribution in [3.05, 3.63) is 29.8 Å². The molecule has 0 amide bonds. The molecule has 2 rings (SSSR count). The van der Waals surface area contributed by atoms with Crippen molar-refractivity contribution in [3.63, 3.8) is 0 Å². The SMILES string of the molecule is COc1cccc(CC(CC2CCOC2)NN)c1. The van der Waals surface area contributed by atoms with Crippen LogP contribution in [0.5, 0.6) is 5.75 Å². The van der Waals surface area contributed by atoms with Crippen molar-refractivity contribution in [1.82, 2.24) is 5.43 Å². The first kappa shape index (κ1) is 13.3. The van der Waals surface area contributed by atoms with E-state index in [4.69, 9.17) is 15.3 Å². The van der Waals surface area contributed by atoms with Gasteiger partial charge in [-0.3, -0.25) is 11.3 Å². The van der Waals surface area contributed by atoms with E-state index in [1.165, 1.54) is 5.56 Å². The molecule has 2 unspecified atom stereocenters. The largest absolute Gasteiger partial charge is 0.497 e. The normalized spacial score (nSPS) is 20.9. The number of rotatable bonds is 6. The molecule has 1 heterocycles. The molecule has 1 aliphatic heterocycles. The van der Waals surface area contributed by atoms with Crippen LogP contribution < -0.4 is 16.0 Å². The molecule has 3 N–H and O–H groups in total. The van der Waals surface area contributed by atoms with Crippen LogP contribution in [0.3, 0.4) is 0 Å². The quantitative estimate of drug-likeness (QED) is 0.593. The maximum Gasteiger partial charge on any atom is 0.119 e. The van der Waals surface area contributed by atoms with E-state index in [-0.39, 0.29) is 0 Å². The highest BCUT2D eigenvalue weighted by molar-refractivity contribution is 5.28. The van der Waals surface area contributed by atoms with Gasteiger partial charge in [-0.25, -0.2) is 0 Å². The monoisotopic (exact) mass is 250 g/mol. The molecular formula is C14H22N2O2. The van der Waals surface area contributed by atoms with Gasteiger partial charge in [-0.05, 0) is 42.9 Å². The van der Waals surface area contributed by atoms with Crippen LogP contribution in [0.15, 0.2) is 24.3 Å². The van der Waals surface area contributed by atoms with Gasteiger partial charge in [0.1, 0.15) is 5.75 Å². The molecule has 4 nitrogen and oxygen atoms in total. The molecule has 1 fully saturated rings. The Morgan fingerprint density at radius 2 is 2.44 bits per heavy atom. The van der Waals surface area contributed by atoms with E-state index in [0.717, 1.165) is 38.2 Å². The lowest BCUT2D eigenvalue weighted by molar-refractivity contribution is 0.181. The maximum absolute atomic E-state index is 5.65. The molecule has 1 saturated heterocycles. The first-order chi connectivity index (χ1) is 8.81. The van der Waals surface area contributed by atoms with Crippen molar-refractivity contribution < 1.29 is 9.47 Å². The van der Waals surface area contributed by atoms with Crippen LogP contribution in [0, 0.1) is 5.92 Å². The average molecular weight is 250 g/mol. The van der Waals surface area contributed by atoms with Gasteiger partial charge >= 0.3 is 0 Å². The molecule has 2 atom stereocenters. The van der Waals surface area contributed by atoms with Crippen molar-refractivity contribution in [2.45, 2.75) is 25.3 Å². The van der Waals surface area contributed by atoms with E-state index >= 15 is 0 Å². The second kappa shape index (κ2) is 6.73. The molecule has 1 aromatic carbocycles. The predicted molar refractivity (Wildman–Crippen MR) is 71.4 cm³/mol. The van der Waals surface area contributed by atoms with E-state index in [2.05, 4.69) is 17.6 Å². The predicted octanol–water partition coefficient (Wildman–Crippen LogP) is 1.50. The standard InChI is InChI=1S/C14H22N2O2/c1-17-14-4-2-3-11(9-14)7-13(16-15)8-12-5-6-18-10-12/h2-4,9,12-13,16H,5-8,10,15H2,1H3. The highest BCUT2D eigenvalue weighted by Gasteiger charge is 2.20. The molecule has 4 heteroatoms. The Morgan fingerprint density at radius 1 is 1.56 bits per heavy atom. The summed E-state index contributed by atoms with van der Waals surface area (Å²) < 4.78 is 10.6. The number of methoxy groups -OCH3 is 1. The Balaban J connectivity index is 1.91. The van der Waals surface area contributed by atoms with Gasteiger partial charge in [0.05, 0.1) is 7.11 Å².